The largest absolute Gasteiger partial charge is 0.383 e. The maximum absolute atomic E-state index is 5.45. The molecule has 0 bridgehead atoms. The number of nitrogens with one attached hydrogen (secondary N) is 1. The van der Waals surface area contributed by atoms with Gasteiger partial charge in [0.25, 0.3) is 0 Å². The zero-order valence-electron chi connectivity index (χ0n) is 11.8. The van der Waals surface area contributed by atoms with Crippen LogP contribution in [-0.2, 0) is 11.2 Å². The molecule has 0 spiro atoms. The number of fused-ring (bicyclic) bond motifs is 1. The van der Waals surface area contributed by atoms with Gasteiger partial charge in [0.1, 0.15) is 0 Å². The van der Waals surface area contributed by atoms with Gasteiger partial charge in [-0.05, 0) is 30.4 Å². The van der Waals surface area contributed by atoms with Gasteiger partial charge in [-0.15, -0.1) is 0 Å². The van der Waals surface area contributed by atoms with Crippen LogP contribution in [0.1, 0.15) is 25.3 Å². The minimum atomic E-state index is 0.803. The molecule has 1 aromatic carbocycles. The van der Waals surface area contributed by atoms with Crippen molar-refractivity contribution >= 4 is 11.4 Å². The van der Waals surface area contributed by atoms with Gasteiger partial charge in [0.05, 0.1) is 24.6 Å². The maximum Gasteiger partial charge on any atom is 0.0642 e. The molecular formula is C16H24N2O. The summed E-state index contributed by atoms with van der Waals surface area (Å²) in [5, 5.41) is 3.68. The van der Waals surface area contributed by atoms with E-state index in [-0.39, 0.29) is 0 Å². The lowest BCUT2D eigenvalue weighted by molar-refractivity contribution is 0.122. The molecule has 104 valence electrons. The third-order valence-corrected chi connectivity index (χ3v) is 4.25. The van der Waals surface area contributed by atoms with Crippen molar-refractivity contribution in [3.05, 3.63) is 23.8 Å². The van der Waals surface area contributed by atoms with Crippen molar-refractivity contribution < 1.29 is 4.74 Å². The number of rotatable bonds is 3. The molecule has 3 heteroatoms. The van der Waals surface area contributed by atoms with Crippen molar-refractivity contribution in [2.75, 3.05) is 43.1 Å². The molecule has 2 heterocycles. The van der Waals surface area contributed by atoms with E-state index in [1.807, 2.05) is 0 Å². The van der Waals surface area contributed by atoms with Crippen molar-refractivity contribution in [2.45, 2.75) is 26.2 Å². The first-order valence-corrected chi connectivity index (χ1v) is 7.57. The number of morpholine rings is 1. The number of benzene rings is 1. The highest BCUT2D eigenvalue weighted by Crippen LogP contribution is 2.35. The van der Waals surface area contributed by atoms with Crippen LogP contribution in [0.4, 0.5) is 11.4 Å². The Kier molecular flexibility index (Phi) is 3.92. The second-order valence-electron chi connectivity index (χ2n) is 5.65. The molecule has 0 aromatic heterocycles. The molecule has 0 radical (unpaired) electrons. The minimum Gasteiger partial charge on any atom is -0.383 e. The standard InChI is InChI=1S/C16H24N2O/c1-2-4-13-11-14-5-3-6-15(16(14)17-12-13)18-7-9-19-10-8-18/h3,5-6,13,17H,2,4,7-12H2,1H3. The highest BCUT2D eigenvalue weighted by atomic mass is 16.5. The molecule has 3 rings (SSSR count). The smallest absolute Gasteiger partial charge is 0.0642 e. The fraction of sp³-hybridized carbons (Fsp3) is 0.625. The second-order valence-corrected chi connectivity index (χ2v) is 5.65. The van der Waals surface area contributed by atoms with Crippen LogP contribution in [0.2, 0.25) is 0 Å². The van der Waals surface area contributed by atoms with Crippen LogP contribution in [-0.4, -0.2) is 32.8 Å². The topological polar surface area (TPSA) is 24.5 Å². The maximum atomic E-state index is 5.45. The van der Waals surface area contributed by atoms with E-state index in [1.54, 1.807) is 0 Å². The van der Waals surface area contributed by atoms with E-state index in [2.05, 4.69) is 35.3 Å². The SMILES string of the molecule is CCCC1CNc2c(cccc2N2CCOCC2)C1. The number of hydrogen-bond acceptors (Lipinski definition) is 3. The fourth-order valence-electron chi connectivity index (χ4n) is 3.27. The summed E-state index contributed by atoms with van der Waals surface area (Å²) in [7, 11) is 0. The molecule has 1 unspecified atom stereocenters. The lowest BCUT2D eigenvalue weighted by atomic mass is 9.90. The summed E-state index contributed by atoms with van der Waals surface area (Å²) < 4.78 is 5.45. The average Bonchev–Trinajstić information content (AvgIpc) is 2.48. The first-order valence-electron chi connectivity index (χ1n) is 7.57. The van der Waals surface area contributed by atoms with Crippen molar-refractivity contribution in [3.63, 3.8) is 0 Å². The van der Waals surface area contributed by atoms with E-state index in [0.29, 0.717) is 0 Å². The Hall–Kier alpha value is -1.22. The second kappa shape index (κ2) is 5.83. The summed E-state index contributed by atoms with van der Waals surface area (Å²) in [5.74, 6) is 0.803. The average molecular weight is 260 g/mol. The van der Waals surface area contributed by atoms with Gasteiger partial charge in [-0.1, -0.05) is 25.5 Å². The third kappa shape index (κ3) is 2.71. The summed E-state index contributed by atoms with van der Waals surface area (Å²) in [4.78, 5) is 2.45. The third-order valence-electron chi connectivity index (χ3n) is 4.25. The van der Waals surface area contributed by atoms with Crippen molar-refractivity contribution in [1.82, 2.24) is 0 Å². The molecule has 1 N–H and O–H groups in total. The minimum absolute atomic E-state index is 0.803. The van der Waals surface area contributed by atoms with E-state index in [0.717, 1.165) is 38.8 Å². The lowest BCUT2D eigenvalue weighted by Crippen LogP contribution is -2.37. The molecule has 0 amide bonds. The Bertz CT molecular complexity index is 427. The van der Waals surface area contributed by atoms with Crippen molar-refractivity contribution in [2.24, 2.45) is 5.92 Å². The van der Waals surface area contributed by atoms with E-state index in [4.69, 9.17) is 4.74 Å². The van der Waals surface area contributed by atoms with Crippen LogP contribution in [0.3, 0.4) is 0 Å². The van der Waals surface area contributed by atoms with E-state index in [1.165, 1.54) is 36.2 Å². The number of nitrogens with zero attached hydrogens (tertiary/aromatic N) is 1. The number of para-hydroxylation sites is 1. The molecule has 0 saturated carbocycles. The van der Waals surface area contributed by atoms with Crippen LogP contribution < -0.4 is 10.2 Å². The van der Waals surface area contributed by atoms with Gasteiger partial charge in [0.2, 0.25) is 0 Å². The Balaban J connectivity index is 1.81. The predicted molar refractivity (Wildman–Crippen MR) is 80.1 cm³/mol. The Morgan fingerprint density at radius 3 is 2.95 bits per heavy atom. The molecule has 1 aromatic rings. The van der Waals surface area contributed by atoms with Gasteiger partial charge in [-0.2, -0.15) is 0 Å². The van der Waals surface area contributed by atoms with Gasteiger partial charge in [-0.3, -0.25) is 0 Å². The van der Waals surface area contributed by atoms with Crippen LogP contribution >= 0.6 is 0 Å². The predicted octanol–water partition coefficient (Wildman–Crippen LogP) is 2.91. The molecule has 0 aliphatic carbocycles. The summed E-state index contributed by atoms with van der Waals surface area (Å²) in [6, 6.07) is 6.74. The molecule has 1 fully saturated rings. The van der Waals surface area contributed by atoms with Crippen molar-refractivity contribution in [1.29, 1.82) is 0 Å². The van der Waals surface area contributed by atoms with Crippen LogP contribution in [0.5, 0.6) is 0 Å². The Morgan fingerprint density at radius 1 is 1.32 bits per heavy atom. The van der Waals surface area contributed by atoms with Gasteiger partial charge in [-0.25, -0.2) is 0 Å². The van der Waals surface area contributed by atoms with Crippen molar-refractivity contribution in [3.8, 4) is 0 Å². The van der Waals surface area contributed by atoms with E-state index >= 15 is 0 Å². The molecule has 1 saturated heterocycles. The Labute approximate surface area is 115 Å². The Morgan fingerprint density at radius 2 is 2.16 bits per heavy atom. The zero-order valence-corrected chi connectivity index (χ0v) is 11.8. The quantitative estimate of drug-likeness (QED) is 0.904. The lowest BCUT2D eigenvalue weighted by Gasteiger charge is -2.34. The van der Waals surface area contributed by atoms with Crippen LogP contribution in [0, 0.1) is 5.92 Å². The van der Waals surface area contributed by atoms with E-state index in [9.17, 15) is 0 Å². The van der Waals surface area contributed by atoms with Gasteiger partial charge in [0, 0.05) is 19.6 Å². The van der Waals surface area contributed by atoms with E-state index < -0.39 is 0 Å². The highest BCUT2D eigenvalue weighted by molar-refractivity contribution is 5.74. The summed E-state index contributed by atoms with van der Waals surface area (Å²) >= 11 is 0. The highest BCUT2D eigenvalue weighted by Gasteiger charge is 2.22. The first-order chi connectivity index (χ1) is 9.38. The van der Waals surface area contributed by atoms with Gasteiger partial charge in [0.15, 0.2) is 0 Å². The fourth-order valence-corrected chi connectivity index (χ4v) is 3.27. The zero-order chi connectivity index (χ0) is 13.1. The van der Waals surface area contributed by atoms with Gasteiger partial charge >= 0.3 is 0 Å². The molecule has 1 atom stereocenters. The number of hydrogen-bond donors (Lipinski definition) is 1. The number of ether oxygens (including phenoxy) is 1. The summed E-state index contributed by atoms with van der Waals surface area (Å²) in [6.07, 6.45) is 3.84. The van der Waals surface area contributed by atoms with Gasteiger partial charge < -0.3 is 15.0 Å². The molecule has 2 aliphatic heterocycles. The summed E-state index contributed by atoms with van der Waals surface area (Å²) in [5.41, 5.74) is 4.24. The molecule has 3 nitrogen and oxygen atoms in total. The monoisotopic (exact) mass is 260 g/mol. The van der Waals surface area contributed by atoms with Crippen LogP contribution in [0.25, 0.3) is 0 Å². The summed E-state index contributed by atoms with van der Waals surface area (Å²) in [6.45, 7) is 7.12. The molecular weight excluding hydrogens is 236 g/mol. The first kappa shape index (κ1) is 12.8. The molecule has 2 aliphatic rings. The van der Waals surface area contributed by atoms with Crippen LogP contribution in [0.15, 0.2) is 18.2 Å². The number of anilines is 2. The molecule has 19 heavy (non-hydrogen) atoms. The normalized spacial score (nSPS) is 22.8.